The fourth-order valence-electron chi connectivity index (χ4n) is 3.94. The lowest BCUT2D eigenvalue weighted by atomic mass is 9.90. The Morgan fingerprint density at radius 1 is 1.26 bits per heavy atom. The molecule has 2 N–H and O–H groups in total. The molecule has 2 aromatic rings. The first kappa shape index (κ1) is 24.6. The van der Waals surface area contributed by atoms with Crippen LogP contribution < -0.4 is 5.32 Å². The normalized spacial score (nSPS) is 16.9. The molecule has 0 radical (unpaired) electrons. The molecule has 0 aliphatic heterocycles. The fraction of sp³-hybridized carbons (Fsp3) is 0.391. The largest absolute Gasteiger partial charge is 0.393 e. The molecule has 1 aliphatic carbocycles. The van der Waals surface area contributed by atoms with E-state index in [-0.39, 0.29) is 0 Å². The quantitative estimate of drug-likeness (QED) is 0.333. The van der Waals surface area contributed by atoms with Crippen molar-refractivity contribution in [1.82, 2.24) is 15.1 Å². The van der Waals surface area contributed by atoms with Crippen molar-refractivity contribution in [3.8, 4) is 0 Å². The van der Waals surface area contributed by atoms with Crippen LogP contribution in [-0.2, 0) is 13.5 Å². The van der Waals surface area contributed by atoms with E-state index in [0.717, 1.165) is 63.1 Å². The number of fused-ring (bicyclic) bond motifs is 1. The van der Waals surface area contributed by atoms with Gasteiger partial charge in [0.05, 0.1) is 27.5 Å². The van der Waals surface area contributed by atoms with Crippen LogP contribution in [0.4, 0.5) is 0 Å². The average molecular weight is 589 g/mol. The Hall–Kier alpha value is -1.08. The maximum atomic E-state index is 8.31. The van der Waals surface area contributed by atoms with E-state index in [1.807, 2.05) is 37.2 Å². The van der Waals surface area contributed by atoms with Gasteiger partial charge in [-0.2, -0.15) is 5.10 Å². The summed E-state index contributed by atoms with van der Waals surface area (Å²) in [4.78, 5) is 0. The Labute approximate surface area is 210 Å². The molecule has 1 unspecified atom stereocenters. The lowest BCUT2D eigenvalue weighted by Gasteiger charge is -2.19. The molecule has 31 heavy (non-hydrogen) atoms. The van der Waals surface area contributed by atoms with Crippen LogP contribution in [0.1, 0.15) is 38.2 Å². The van der Waals surface area contributed by atoms with Crippen molar-refractivity contribution in [2.24, 2.45) is 13.0 Å². The number of nitrogens with zero attached hydrogens (tertiary/aromatic N) is 2. The van der Waals surface area contributed by atoms with Crippen LogP contribution in [-0.4, -0.2) is 22.5 Å². The summed E-state index contributed by atoms with van der Waals surface area (Å²) in [6.07, 6.45) is 11.0. The molecular weight excluding hydrogens is 563 g/mol. The van der Waals surface area contributed by atoms with Crippen LogP contribution in [0.2, 0.25) is 5.02 Å². The van der Waals surface area contributed by atoms with E-state index >= 15 is 0 Å². The number of rotatable bonds is 8. The first-order chi connectivity index (χ1) is 14.7. The SMILES string of the molecule is CN/C=C1\C(=N)C(Cl)=C(Br)C=C1CCCC(C)CCc1cc(Br)c(Cl)c2c1cnn2C. The van der Waals surface area contributed by atoms with E-state index in [1.165, 1.54) is 5.56 Å². The molecular formula is C23H26Br2Cl2N4. The lowest BCUT2D eigenvalue weighted by molar-refractivity contribution is 0.476. The molecule has 1 heterocycles. The zero-order valence-corrected chi connectivity index (χ0v) is 22.5. The standard InChI is InChI=1S/C23H26Br2Cl2N4/c1-13(5-4-6-14-9-18(24)20(26)22(28)16(14)11-29-2)7-8-15-10-19(25)21(27)23-17(15)12-30-31(23)3/h9-13,28-29H,4-8H2,1-3H3/b16-11-,28-22?. The molecule has 8 heteroatoms. The summed E-state index contributed by atoms with van der Waals surface area (Å²) < 4.78 is 3.53. The maximum Gasteiger partial charge on any atom is 0.0879 e. The summed E-state index contributed by atoms with van der Waals surface area (Å²) in [7, 11) is 3.76. The summed E-state index contributed by atoms with van der Waals surface area (Å²) in [5.74, 6) is 0.587. The second kappa shape index (κ2) is 10.7. The molecule has 1 aromatic carbocycles. The summed E-state index contributed by atoms with van der Waals surface area (Å²) >= 11 is 19.8. The molecule has 4 nitrogen and oxygen atoms in total. The number of allylic oxidation sites excluding steroid dienone is 5. The molecule has 0 spiro atoms. The first-order valence-electron chi connectivity index (χ1n) is 10.3. The second-order valence-electron chi connectivity index (χ2n) is 7.95. The van der Waals surface area contributed by atoms with Gasteiger partial charge < -0.3 is 5.32 Å². The summed E-state index contributed by atoms with van der Waals surface area (Å²) in [6, 6.07) is 2.12. The third-order valence-corrected chi connectivity index (χ3v) is 8.17. The molecule has 1 aliphatic rings. The Bertz CT molecular complexity index is 1100. The van der Waals surface area contributed by atoms with Crippen molar-refractivity contribution in [2.75, 3.05) is 7.05 Å². The van der Waals surface area contributed by atoms with Gasteiger partial charge in [-0.25, -0.2) is 0 Å². The molecule has 166 valence electrons. The topological polar surface area (TPSA) is 53.7 Å². The van der Waals surface area contributed by atoms with Gasteiger partial charge in [0.2, 0.25) is 0 Å². The van der Waals surface area contributed by atoms with Gasteiger partial charge in [0.1, 0.15) is 0 Å². The number of aryl methyl sites for hydroxylation is 2. The van der Waals surface area contributed by atoms with Crippen molar-refractivity contribution in [3.05, 3.63) is 60.3 Å². The highest BCUT2D eigenvalue weighted by Gasteiger charge is 2.21. The molecule has 0 fully saturated rings. The van der Waals surface area contributed by atoms with Crippen LogP contribution in [0.15, 0.2) is 49.7 Å². The third kappa shape index (κ3) is 5.47. The zero-order valence-electron chi connectivity index (χ0n) is 17.8. The van der Waals surface area contributed by atoms with Gasteiger partial charge in [-0.05, 0) is 86.7 Å². The van der Waals surface area contributed by atoms with Crippen LogP contribution in [0.25, 0.3) is 10.9 Å². The van der Waals surface area contributed by atoms with E-state index in [1.54, 1.807) is 0 Å². The monoisotopic (exact) mass is 586 g/mol. The molecule has 0 bridgehead atoms. The molecule has 0 saturated heterocycles. The highest BCUT2D eigenvalue weighted by Crippen LogP contribution is 2.36. The van der Waals surface area contributed by atoms with Gasteiger partial charge in [-0.3, -0.25) is 10.1 Å². The third-order valence-electron chi connectivity index (χ3n) is 5.69. The summed E-state index contributed by atoms with van der Waals surface area (Å²) in [5.41, 5.74) is 4.63. The summed E-state index contributed by atoms with van der Waals surface area (Å²) in [5, 5.41) is 18.0. The number of halogens is 4. The van der Waals surface area contributed by atoms with Crippen molar-refractivity contribution >= 4 is 71.7 Å². The highest BCUT2D eigenvalue weighted by atomic mass is 79.9. The number of aromatic nitrogens is 2. The van der Waals surface area contributed by atoms with Crippen molar-refractivity contribution in [1.29, 1.82) is 5.41 Å². The minimum atomic E-state index is 0.363. The van der Waals surface area contributed by atoms with Gasteiger partial charge in [-0.1, -0.05) is 36.5 Å². The minimum absolute atomic E-state index is 0.363. The molecule has 3 rings (SSSR count). The Kier molecular flexibility index (Phi) is 8.47. The lowest BCUT2D eigenvalue weighted by Crippen LogP contribution is -2.13. The van der Waals surface area contributed by atoms with Crippen LogP contribution in [0, 0.1) is 11.3 Å². The number of hydrogen-bond donors (Lipinski definition) is 2. The number of benzene rings is 1. The van der Waals surface area contributed by atoms with E-state index in [2.05, 4.69) is 55.3 Å². The smallest absolute Gasteiger partial charge is 0.0879 e. The van der Waals surface area contributed by atoms with Crippen LogP contribution >= 0.6 is 55.1 Å². The Balaban J connectivity index is 1.60. The van der Waals surface area contributed by atoms with Crippen molar-refractivity contribution in [2.45, 2.75) is 39.0 Å². The van der Waals surface area contributed by atoms with Gasteiger partial charge in [-0.15, -0.1) is 0 Å². The molecule has 0 saturated carbocycles. The minimum Gasteiger partial charge on any atom is -0.393 e. The van der Waals surface area contributed by atoms with Crippen LogP contribution in [0.3, 0.4) is 0 Å². The van der Waals surface area contributed by atoms with Crippen LogP contribution in [0.5, 0.6) is 0 Å². The zero-order chi connectivity index (χ0) is 22.7. The van der Waals surface area contributed by atoms with Gasteiger partial charge in [0, 0.05) is 40.2 Å². The van der Waals surface area contributed by atoms with E-state index in [9.17, 15) is 0 Å². The first-order valence-corrected chi connectivity index (χ1v) is 12.6. The molecule has 0 amide bonds. The van der Waals surface area contributed by atoms with Gasteiger partial charge >= 0.3 is 0 Å². The predicted octanol–water partition coefficient (Wildman–Crippen LogP) is 7.64. The fourth-order valence-corrected chi connectivity index (χ4v) is 5.32. The van der Waals surface area contributed by atoms with Crippen molar-refractivity contribution < 1.29 is 0 Å². The van der Waals surface area contributed by atoms with Gasteiger partial charge in [0.15, 0.2) is 0 Å². The Morgan fingerprint density at radius 3 is 2.71 bits per heavy atom. The maximum absolute atomic E-state index is 8.31. The van der Waals surface area contributed by atoms with E-state index in [4.69, 9.17) is 28.6 Å². The number of hydrogen-bond acceptors (Lipinski definition) is 3. The second-order valence-corrected chi connectivity index (χ2v) is 10.4. The Morgan fingerprint density at radius 2 is 2.00 bits per heavy atom. The number of nitrogens with one attached hydrogen (secondary N) is 2. The van der Waals surface area contributed by atoms with Crippen molar-refractivity contribution in [3.63, 3.8) is 0 Å². The summed E-state index contributed by atoms with van der Waals surface area (Å²) in [6.45, 7) is 2.31. The molecule has 1 atom stereocenters. The molecule has 1 aromatic heterocycles. The van der Waals surface area contributed by atoms with Gasteiger partial charge in [0.25, 0.3) is 0 Å². The predicted molar refractivity (Wildman–Crippen MR) is 140 cm³/mol. The average Bonchev–Trinajstić information content (AvgIpc) is 3.12. The van der Waals surface area contributed by atoms with E-state index < -0.39 is 0 Å². The van der Waals surface area contributed by atoms with E-state index in [0.29, 0.717) is 21.7 Å². The highest BCUT2D eigenvalue weighted by molar-refractivity contribution is 9.12.